The lowest BCUT2D eigenvalue weighted by atomic mass is 10.2. The van der Waals surface area contributed by atoms with Crippen LogP contribution in [-0.2, 0) is 0 Å². The largest absolute Gasteiger partial charge is 0.394 e. The molecule has 0 aliphatic carbocycles. The Balaban J connectivity index is 2.93. The van der Waals surface area contributed by atoms with Crippen LogP contribution in [0.3, 0.4) is 0 Å². The molecule has 0 aromatic carbocycles. The normalized spacial score (nSPS) is 13.0. The average molecular weight is 173 g/mol. The molecule has 0 aliphatic rings. The molecule has 11 heavy (non-hydrogen) atoms. The van der Waals surface area contributed by atoms with Gasteiger partial charge in [0.05, 0.1) is 23.4 Å². The Kier molecular flexibility index (Phi) is 2.82. The van der Waals surface area contributed by atoms with Crippen molar-refractivity contribution >= 4 is 11.6 Å². The van der Waals surface area contributed by atoms with E-state index >= 15 is 0 Å². The zero-order valence-electron chi connectivity index (χ0n) is 5.87. The highest BCUT2D eigenvalue weighted by molar-refractivity contribution is 6.31. The first-order valence-corrected chi connectivity index (χ1v) is 3.60. The van der Waals surface area contributed by atoms with Gasteiger partial charge in [-0.2, -0.15) is 0 Å². The van der Waals surface area contributed by atoms with Crippen molar-refractivity contribution in [2.75, 3.05) is 6.61 Å². The van der Waals surface area contributed by atoms with Gasteiger partial charge in [-0.05, 0) is 12.1 Å². The predicted octanol–water partition coefficient (Wildman–Crippen LogP) is 0.727. The van der Waals surface area contributed by atoms with E-state index < -0.39 is 6.04 Å². The number of rotatable bonds is 2. The molecule has 1 atom stereocenters. The molecule has 1 aromatic heterocycles. The lowest BCUT2D eigenvalue weighted by molar-refractivity contribution is 0.266. The van der Waals surface area contributed by atoms with Crippen LogP contribution < -0.4 is 5.73 Å². The third-order valence-corrected chi connectivity index (χ3v) is 1.65. The molecule has 4 heteroatoms. The Labute approximate surface area is 69.8 Å². The molecule has 0 bridgehead atoms. The predicted molar refractivity (Wildman–Crippen MR) is 43.3 cm³/mol. The van der Waals surface area contributed by atoms with Gasteiger partial charge in [0.1, 0.15) is 0 Å². The zero-order chi connectivity index (χ0) is 8.27. The van der Waals surface area contributed by atoms with Crippen LogP contribution in [0.1, 0.15) is 11.7 Å². The van der Waals surface area contributed by atoms with Crippen LogP contribution in [0.15, 0.2) is 18.3 Å². The highest BCUT2D eigenvalue weighted by atomic mass is 35.5. The van der Waals surface area contributed by atoms with E-state index in [0.717, 1.165) is 0 Å². The lowest BCUT2D eigenvalue weighted by Gasteiger charge is -2.07. The fourth-order valence-electron chi connectivity index (χ4n) is 0.757. The molecule has 0 amide bonds. The summed E-state index contributed by atoms with van der Waals surface area (Å²) >= 11 is 5.74. The van der Waals surface area contributed by atoms with Gasteiger partial charge in [0, 0.05) is 6.20 Å². The summed E-state index contributed by atoms with van der Waals surface area (Å²) in [5.74, 6) is 0. The van der Waals surface area contributed by atoms with Gasteiger partial charge in [-0.3, -0.25) is 4.98 Å². The maximum absolute atomic E-state index is 8.69. The number of nitrogens with zero attached hydrogens (tertiary/aromatic N) is 1. The molecule has 0 radical (unpaired) electrons. The van der Waals surface area contributed by atoms with Gasteiger partial charge in [-0.15, -0.1) is 0 Å². The van der Waals surface area contributed by atoms with Crippen molar-refractivity contribution < 1.29 is 5.11 Å². The molecule has 0 fully saturated rings. The van der Waals surface area contributed by atoms with Crippen molar-refractivity contribution in [3.8, 4) is 0 Å². The van der Waals surface area contributed by atoms with Crippen LogP contribution in [0.2, 0.25) is 5.02 Å². The summed E-state index contributed by atoms with van der Waals surface area (Å²) in [7, 11) is 0. The SMILES string of the molecule is N[C@H](CO)c1ncccc1Cl. The number of nitrogens with two attached hydrogens (primary N) is 1. The summed E-state index contributed by atoms with van der Waals surface area (Å²) < 4.78 is 0. The van der Waals surface area contributed by atoms with Crippen molar-refractivity contribution in [2.24, 2.45) is 5.73 Å². The second-order valence-electron chi connectivity index (χ2n) is 2.16. The molecule has 3 nitrogen and oxygen atoms in total. The molecule has 0 saturated carbocycles. The molecule has 0 spiro atoms. The average Bonchev–Trinajstić information content (AvgIpc) is 2.04. The fraction of sp³-hybridized carbons (Fsp3) is 0.286. The van der Waals surface area contributed by atoms with Gasteiger partial charge >= 0.3 is 0 Å². The number of aromatic nitrogens is 1. The minimum Gasteiger partial charge on any atom is -0.394 e. The topological polar surface area (TPSA) is 59.1 Å². The number of aliphatic hydroxyl groups excluding tert-OH is 1. The van der Waals surface area contributed by atoms with Gasteiger partial charge < -0.3 is 10.8 Å². The molecule has 0 unspecified atom stereocenters. The first-order valence-electron chi connectivity index (χ1n) is 3.22. The smallest absolute Gasteiger partial charge is 0.0780 e. The Morgan fingerprint density at radius 2 is 2.45 bits per heavy atom. The van der Waals surface area contributed by atoms with E-state index in [4.69, 9.17) is 22.4 Å². The molecular formula is C7H9ClN2O. The first kappa shape index (κ1) is 8.46. The second kappa shape index (κ2) is 3.67. The van der Waals surface area contributed by atoms with E-state index in [1.807, 2.05) is 0 Å². The summed E-state index contributed by atoms with van der Waals surface area (Å²) in [6.07, 6.45) is 1.59. The molecule has 1 aromatic rings. The molecule has 3 N–H and O–H groups in total. The van der Waals surface area contributed by atoms with Crippen molar-refractivity contribution in [2.45, 2.75) is 6.04 Å². The van der Waals surface area contributed by atoms with Gasteiger partial charge in [0.15, 0.2) is 0 Å². The number of hydrogen-bond acceptors (Lipinski definition) is 3. The summed E-state index contributed by atoms with van der Waals surface area (Å²) in [4.78, 5) is 3.93. The van der Waals surface area contributed by atoms with Crippen molar-refractivity contribution in [3.05, 3.63) is 29.0 Å². The highest BCUT2D eigenvalue weighted by Crippen LogP contribution is 2.17. The van der Waals surface area contributed by atoms with Crippen LogP contribution in [0.4, 0.5) is 0 Å². The van der Waals surface area contributed by atoms with Gasteiger partial charge in [0.25, 0.3) is 0 Å². The van der Waals surface area contributed by atoms with Crippen LogP contribution in [0, 0.1) is 0 Å². The Morgan fingerprint density at radius 3 is 3.00 bits per heavy atom. The summed E-state index contributed by atoms with van der Waals surface area (Å²) in [6.45, 7) is -0.142. The van der Waals surface area contributed by atoms with E-state index in [0.29, 0.717) is 10.7 Å². The van der Waals surface area contributed by atoms with E-state index in [2.05, 4.69) is 4.98 Å². The number of pyridine rings is 1. The molecule has 1 heterocycles. The monoisotopic (exact) mass is 172 g/mol. The maximum Gasteiger partial charge on any atom is 0.0780 e. The van der Waals surface area contributed by atoms with E-state index in [-0.39, 0.29) is 6.61 Å². The van der Waals surface area contributed by atoms with Crippen LogP contribution in [0.5, 0.6) is 0 Å². The molecule has 1 rings (SSSR count). The van der Waals surface area contributed by atoms with E-state index in [9.17, 15) is 0 Å². The quantitative estimate of drug-likeness (QED) is 0.692. The number of aliphatic hydroxyl groups is 1. The first-order chi connectivity index (χ1) is 5.25. The third kappa shape index (κ3) is 1.89. The summed E-state index contributed by atoms with van der Waals surface area (Å²) in [6, 6.07) is 2.93. The Hall–Kier alpha value is -0.640. The standard InChI is InChI=1S/C7H9ClN2O/c8-5-2-1-3-10-7(5)6(9)4-11/h1-3,6,11H,4,9H2/t6-/m1/s1. The molecule has 60 valence electrons. The highest BCUT2D eigenvalue weighted by Gasteiger charge is 2.08. The molecule has 0 aliphatic heterocycles. The van der Waals surface area contributed by atoms with Crippen molar-refractivity contribution in [1.29, 1.82) is 0 Å². The minimum atomic E-state index is -0.483. The molecular weight excluding hydrogens is 164 g/mol. The van der Waals surface area contributed by atoms with Crippen molar-refractivity contribution in [1.82, 2.24) is 4.98 Å². The van der Waals surface area contributed by atoms with Gasteiger partial charge in [-0.1, -0.05) is 11.6 Å². The van der Waals surface area contributed by atoms with Crippen LogP contribution in [-0.4, -0.2) is 16.7 Å². The van der Waals surface area contributed by atoms with Crippen LogP contribution in [0.25, 0.3) is 0 Å². The summed E-state index contributed by atoms with van der Waals surface area (Å²) in [5.41, 5.74) is 6.04. The number of halogens is 1. The fourth-order valence-corrected chi connectivity index (χ4v) is 1.02. The Morgan fingerprint density at radius 1 is 1.73 bits per heavy atom. The Bertz CT molecular complexity index is 242. The lowest BCUT2D eigenvalue weighted by Crippen LogP contribution is -2.16. The minimum absolute atomic E-state index is 0.142. The van der Waals surface area contributed by atoms with Gasteiger partial charge in [-0.25, -0.2) is 0 Å². The zero-order valence-corrected chi connectivity index (χ0v) is 6.62. The van der Waals surface area contributed by atoms with Crippen molar-refractivity contribution in [3.63, 3.8) is 0 Å². The number of hydrogen-bond donors (Lipinski definition) is 2. The van der Waals surface area contributed by atoms with E-state index in [1.54, 1.807) is 18.3 Å². The van der Waals surface area contributed by atoms with Crippen LogP contribution >= 0.6 is 11.6 Å². The molecule has 0 saturated heterocycles. The maximum atomic E-state index is 8.69. The van der Waals surface area contributed by atoms with Gasteiger partial charge in [0.2, 0.25) is 0 Å². The third-order valence-electron chi connectivity index (χ3n) is 1.33. The second-order valence-corrected chi connectivity index (χ2v) is 2.57. The van der Waals surface area contributed by atoms with E-state index in [1.165, 1.54) is 0 Å². The summed E-state index contributed by atoms with van der Waals surface area (Å²) in [5, 5.41) is 9.18.